The molecule has 13 heavy (non-hydrogen) atoms. The molecular formula is C10H10N2S. The average Bonchev–Trinajstić information content (AvgIpc) is 2.61. The Kier molecular flexibility index (Phi) is 2.36. The summed E-state index contributed by atoms with van der Waals surface area (Å²) in [5.41, 5.74) is 3.17. The van der Waals surface area contributed by atoms with E-state index in [0.29, 0.717) is 0 Å². The summed E-state index contributed by atoms with van der Waals surface area (Å²) in [4.78, 5) is 7.41. The van der Waals surface area contributed by atoms with Crippen molar-refractivity contribution in [2.75, 3.05) is 5.75 Å². The third kappa shape index (κ3) is 1.75. The fourth-order valence-electron chi connectivity index (χ4n) is 1.23. The number of pyridine rings is 1. The van der Waals surface area contributed by atoms with Crippen molar-refractivity contribution in [2.24, 2.45) is 0 Å². The van der Waals surface area contributed by atoms with Gasteiger partial charge in [-0.1, -0.05) is 12.2 Å². The summed E-state index contributed by atoms with van der Waals surface area (Å²) in [6.45, 7) is 0. The van der Waals surface area contributed by atoms with Crippen molar-refractivity contribution in [3.63, 3.8) is 0 Å². The van der Waals surface area contributed by atoms with Crippen LogP contribution in [-0.4, -0.2) is 15.7 Å². The molecule has 2 heterocycles. The molecular weight excluding hydrogens is 180 g/mol. The van der Waals surface area contributed by atoms with Crippen LogP contribution in [0.3, 0.4) is 0 Å². The highest BCUT2D eigenvalue weighted by molar-refractivity contribution is 7.80. The number of fused-ring (bicyclic) bond motifs is 1. The summed E-state index contributed by atoms with van der Waals surface area (Å²) < 4.78 is 0. The molecule has 0 fully saturated rings. The number of aromatic amines is 1. The molecule has 0 spiro atoms. The van der Waals surface area contributed by atoms with E-state index in [1.807, 2.05) is 30.6 Å². The fraction of sp³-hybridized carbons (Fsp3) is 0.100. The van der Waals surface area contributed by atoms with Crippen molar-refractivity contribution < 1.29 is 0 Å². The first kappa shape index (κ1) is 8.38. The molecule has 0 bridgehead atoms. The first-order valence-corrected chi connectivity index (χ1v) is 4.74. The molecule has 0 aromatic carbocycles. The first-order chi connectivity index (χ1) is 6.40. The molecule has 0 saturated carbocycles. The van der Waals surface area contributed by atoms with Gasteiger partial charge in [-0.2, -0.15) is 12.6 Å². The summed E-state index contributed by atoms with van der Waals surface area (Å²) in [5, 5.41) is 0. The van der Waals surface area contributed by atoms with Gasteiger partial charge in [0.1, 0.15) is 0 Å². The quantitative estimate of drug-likeness (QED) is 0.700. The molecule has 0 atom stereocenters. The van der Waals surface area contributed by atoms with Crippen LogP contribution in [0.1, 0.15) is 5.56 Å². The maximum atomic E-state index is 4.29. The van der Waals surface area contributed by atoms with E-state index in [-0.39, 0.29) is 0 Å². The van der Waals surface area contributed by atoms with Gasteiger partial charge in [0, 0.05) is 18.1 Å². The summed E-state index contributed by atoms with van der Waals surface area (Å²) in [7, 11) is 0. The van der Waals surface area contributed by atoms with E-state index >= 15 is 0 Å². The van der Waals surface area contributed by atoms with E-state index in [1.54, 1.807) is 0 Å². The number of aromatic nitrogens is 2. The molecule has 66 valence electrons. The molecule has 0 aliphatic rings. The SMILES string of the molecule is SCC=Cc1cnc2cc[nH]c2c1. The second-order valence-electron chi connectivity index (χ2n) is 2.76. The zero-order valence-electron chi connectivity index (χ0n) is 7.07. The zero-order valence-corrected chi connectivity index (χ0v) is 7.96. The van der Waals surface area contributed by atoms with Gasteiger partial charge >= 0.3 is 0 Å². The van der Waals surface area contributed by atoms with E-state index in [4.69, 9.17) is 0 Å². The van der Waals surface area contributed by atoms with Gasteiger partial charge in [0.05, 0.1) is 11.0 Å². The lowest BCUT2D eigenvalue weighted by molar-refractivity contribution is 1.39. The molecule has 0 unspecified atom stereocenters. The van der Waals surface area contributed by atoms with Gasteiger partial charge in [0.2, 0.25) is 0 Å². The number of hydrogen-bond acceptors (Lipinski definition) is 2. The minimum atomic E-state index is 0.753. The van der Waals surface area contributed by atoms with Gasteiger partial charge in [-0.05, 0) is 17.7 Å². The Morgan fingerprint density at radius 2 is 2.46 bits per heavy atom. The van der Waals surface area contributed by atoms with Gasteiger partial charge in [-0.15, -0.1) is 0 Å². The largest absolute Gasteiger partial charge is 0.360 e. The molecule has 2 aromatic heterocycles. The zero-order chi connectivity index (χ0) is 9.10. The monoisotopic (exact) mass is 190 g/mol. The lowest BCUT2D eigenvalue weighted by Gasteiger charge is -1.92. The molecule has 0 radical (unpaired) electrons. The van der Waals surface area contributed by atoms with Crippen LogP contribution in [-0.2, 0) is 0 Å². The average molecular weight is 190 g/mol. The van der Waals surface area contributed by atoms with Crippen LogP contribution in [0, 0.1) is 0 Å². The van der Waals surface area contributed by atoms with Crippen molar-refractivity contribution in [3.05, 3.63) is 36.2 Å². The van der Waals surface area contributed by atoms with Crippen LogP contribution in [0.2, 0.25) is 0 Å². The minimum Gasteiger partial charge on any atom is -0.360 e. The number of nitrogens with zero attached hydrogens (tertiary/aromatic N) is 1. The maximum absolute atomic E-state index is 4.29. The molecule has 2 nitrogen and oxygen atoms in total. The highest BCUT2D eigenvalue weighted by Gasteiger charge is 1.94. The molecule has 0 saturated heterocycles. The Morgan fingerprint density at radius 3 is 3.31 bits per heavy atom. The summed E-state index contributed by atoms with van der Waals surface area (Å²) in [5.74, 6) is 0.753. The Balaban J connectivity index is 2.42. The van der Waals surface area contributed by atoms with Gasteiger partial charge in [-0.25, -0.2) is 0 Å². The fourth-order valence-corrected chi connectivity index (χ4v) is 1.34. The normalized spacial score (nSPS) is 11.5. The third-order valence-electron chi connectivity index (χ3n) is 1.84. The summed E-state index contributed by atoms with van der Waals surface area (Å²) in [6.07, 6.45) is 7.76. The smallest absolute Gasteiger partial charge is 0.0879 e. The van der Waals surface area contributed by atoms with E-state index in [2.05, 4.69) is 28.7 Å². The number of rotatable bonds is 2. The van der Waals surface area contributed by atoms with E-state index in [1.165, 1.54) is 0 Å². The van der Waals surface area contributed by atoms with Gasteiger partial charge < -0.3 is 4.98 Å². The second kappa shape index (κ2) is 3.66. The third-order valence-corrected chi connectivity index (χ3v) is 2.05. The van der Waals surface area contributed by atoms with Crippen LogP contribution in [0.4, 0.5) is 0 Å². The lowest BCUT2D eigenvalue weighted by atomic mass is 10.2. The van der Waals surface area contributed by atoms with Crippen LogP contribution in [0.5, 0.6) is 0 Å². The van der Waals surface area contributed by atoms with Crippen LogP contribution in [0.25, 0.3) is 17.1 Å². The number of hydrogen-bond donors (Lipinski definition) is 2. The predicted molar refractivity (Wildman–Crippen MR) is 59.0 cm³/mol. The van der Waals surface area contributed by atoms with Crippen molar-refractivity contribution >= 4 is 29.7 Å². The van der Waals surface area contributed by atoms with Gasteiger partial charge in [-0.3, -0.25) is 4.98 Å². The van der Waals surface area contributed by atoms with Gasteiger partial charge in [0.15, 0.2) is 0 Å². The topological polar surface area (TPSA) is 28.7 Å². The Bertz CT molecular complexity index is 431. The highest BCUT2D eigenvalue weighted by atomic mass is 32.1. The van der Waals surface area contributed by atoms with Crippen LogP contribution >= 0.6 is 12.6 Å². The van der Waals surface area contributed by atoms with Crippen molar-refractivity contribution in [2.45, 2.75) is 0 Å². The minimum absolute atomic E-state index is 0.753. The molecule has 1 N–H and O–H groups in total. The molecule has 3 heteroatoms. The lowest BCUT2D eigenvalue weighted by Crippen LogP contribution is -1.77. The Morgan fingerprint density at radius 1 is 1.54 bits per heavy atom. The van der Waals surface area contributed by atoms with Crippen molar-refractivity contribution in [3.8, 4) is 0 Å². The number of thiol groups is 1. The number of nitrogens with one attached hydrogen (secondary N) is 1. The molecule has 0 aliphatic heterocycles. The Labute approximate surface area is 82.1 Å². The first-order valence-electron chi connectivity index (χ1n) is 4.10. The number of H-pyrrole nitrogens is 1. The molecule has 2 rings (SSSR count). The standard InChI is InChI=1S/C10H10N2S/c13-5-1-2-8-6-10-9(12-7-8)3-4-11-10/h1-4,6-7,11,13H,5H2. The molecule has 0 aliphatic carbocycles. The van der Waals surface area contributed by atoms with Gasteiger partial charge in [0.25, 0.3) is 0 Å². The summed E-state index contributed by atoms with van der Waals surface area (Å²) >= 11 is 4.10. The van der Waals surface area contributed by atoms with E-state index in [9.17, 15) is 0 Å². The summed E-state index contributed by atoms with van der Waals surface area (Å²) in [6, 6.07) is 4.03. The van der Waals surface area contributed by atoms with Crippen molar-refractivity contribution in [1.82, 2.24) is 9.97 Å². The van der Waals surface area contributed by atoms with Crippen LogP contribution < -0.4 is 0 Å². The van der Waals surface area contributed by atoms with Crippen molar-refractivity contribution in [1.29, 1.82) is 0 Å². The Hall–Kier alpha value is -1.22. The highest BCUT2D eigenvalue weighted by Crippen LogP contribution is 2.11. The van der Waals surface area contributed by atoms with E-state index in [0.717, 1.165) is 22.3 Å². The predicted octanol–water partition coefficient (Wildman–Crippen LogP) is 2.51. The van der Waals surface area contributed by atoms with Crippen LogP contribution in [0.15, 0.2) is 30.6 Å². The van der Waals surface area contributed by atoms with E-state index < -0.39 is 0 Å². The molecule has 2 aromatic rings. The maximum Gasteiger partial charge on any atom is 0.0879 e. The second-order valence-corrected chi connectivity index (χ2v) is 3.13. The molecule has 0 amide bonds.